The van der Waals surface area contributed by atoms with E-state index in [9.17, 15) is 0 Å². The minimum absolute atomic E-state index is 0.110. The molecule has 2 heteroatoms. The monoisotopic (exact) mass is 296 g/mol. The molecular formula is C19H40N2. The van der Waals surface area contributed by atoms with Crippen molar-refractivity contribution in [1.82, 2.24) is 10.6 Å². The van der Waals surface area contributed by atoms with Gasteiger partial charge < -0.3 is 0 Å². The Bertz CT molecular complexity index is 277. The summed E-state index contributed by atoms with van der Waals surface area (Å²) < 4.78 is 0. The zero-order valence-corrected chi connectivity index (χ0v) is 15.5. The summed E-state index contributed by atoms with van der Waals surface area (Å²) in [6.07, 6.45) is 9.25. The normalized spacial score (nSPS) is 26.0. The van der Waals surface area contributed by atoms with E-state index in [0.29, 0.717) is 5.41 Å². The van der Waals surface area contributed by atoms with Gasteiger partial charge in [-0.3, -0.25) is 10.6 Å². The Hall–Kier alpha value is -0.0800. The smallest absolute Gasteiger partial charge is 0.0658 e. The van der Waals surface area contributed by atoms with E-state index in [1.807, 2.05) is 0 Å². The number of rotatable bonds is 9. The third-order valence-corrected chi connectivity index (χ3v) is 5.66. The van der Waals surface area contributed by atoms with E-state index < -0.39 is 0 Å². The van der Waals surface area contributed by atoms with Crippen molar-refractivity contribution in [3.63, 3.8) is 0 Å². The zero-order valence-electron chi connectivity index (χ0n) is 15.5. The molecule has 0 bridgehead atoms. The third kappa shape index (κ3) is 5.90. The van der Waals surface area contributed by atoms with Gasteiger partial charge in [-0.05, 0) is 69.4 Å². The predicted octanol–water partition coefficient (Wildman–Crippen LogP) is 4.94. The van der Waals surface area contributed by atoms with Crippen molar-refractivity contribution in [3.05, 3.63) is 0 Å². The molecule has 0 heterocycles. The molecular weight excluding hydrogens is 256 g/mol. The van der Waals surface area contributed by atoms with Crippen LogP contribution in [0.2, 0.25) is 0 Å². The Balaban J connectivity index is 2.61. The fraction of sp³-hybridized carbons (Fsp3) is 1.00. The number of nitrogens with one attached hydrogen (secondary N) is 2. The van der Waals surface area contributed by atoms with Crippen LogP contribution in [0.4, 0.5) is 0 Å². The van der Waals surface area contributed by atoms with Crippen LogP contribution in [0.15, 0.2) is 0 Å². The SMILES string of the molecule is CCCNC(C)(CCC1C(C)CCCC1(C)C)NCCC. The zero-order chi connectivity index (χ0) is 15.9. The molecule has 0 amide bonds. The second-order valence-electron chi connectivity index (χ2n) is 8.19. The molecule has 1 rings (SSSR count). The lowest BCUT2D eigenvalue weighted by Crippen LogP contribution is -2.55. The largest absolute Gasteiger partial charge is 0.300 e. The summed E-state index contributed by atoms with van der Waals surface area (Å²) in [5, 5.41) is 7.50. The van der Waals surface area contributed by atoms with E-state index >= 15 is 0 Å². The van der Waals surface area contributed by atoms with Gasteiger partial charge in [-0.2, -0.15) is 0 Å². The molecule has 0 aliphatic heterocycles. The molecule has 0 aromatic heterocycles. The molecule has 2 atom stereocenters. The maximum atomic E-state index is 3.75. The van der Waals surface area contributed by atoms with Crippen molar-refractivity contribution in [2.45, 2.75) is 92.2 Å². The average Bonchev–Trinajstić information content (AvgIpc) is 2.42. The highest BCUT2D eigenvalue weighted by Crippen LogP contribution is 2.46. The molecule has 0 radical (unpaired) electrons. The minimum atomic E-state index is 0.110. The molecule has 126 valence electrons. The summed E-state index contributed by atoms with van der Waals surface area (Å²) in [5.41, 5.74) is 0.632. The van der Waals surface area contributed by atoms with Gasteiger partial charge in [0.15, 0.2) is 0 Å². The molecule has 2 unspecified atom stereocenters. The Morgan fingerprint density at radius 3 is 2.14 bits per heavy atom. The van der Waals surface area contributed by atoms with E-state index in [2.05, 4.69) is 52.2 Å². The molecule has 2 N–H and O–H groups in total. The van der Waals surface area contributed by atoms with Gasteiger partial charge in [0, 0.05) is 0 Å². The Morgan fingerprint density at radius 1 is 1.10 bits per heavy atom. The quantitative estimate of drug-likeness (QED) is 0.589. The van der Waals surface area contributed by atoms with Crippen LogP contribution in [-0.2, 0) is 0 Å². The Kier molecular flexibility index (Phi) is 7.70. The van der Waals surface area contributed by atoms with Crippen LogP contribution < -0.4 is 10.6 Å². The van der Waals surface area contributed by atoms with Crippen molar-refractivity contribution in [1.29, 1.82) is 0 Å². The van der Waals surface area contributed by atoms with Crippen molar-refractivity contribution in [3.8, 4) is 0 Å². The van der Waals surface area contributed by atoms with E-state index in [0.717, 1.165) is 24.9 Å². The molecule has 1 saturated carbocycles. The summed E-state index contributed by atoms with van der Waals surface area (Å²) in [6.45, 7) is 16.5. The highest BCUT2D eigenvalue weighted by molar-refractivity contribution is 4.89. The van der Waals surface area contributed by atoms with E-state index in [-0.39, 0.29) is 5.66 Å². The van der Waals surface area contributed by atoms with E-state index in [4.69, 9.17) is 0 Å². The van der Waals surface area contributed by atoms with Crippen molar-refractivity contribution < 1.29 is 0 Å². The summed E-state index contributed by atoms with van der Waals surface area (Å²) in [5.74, 6) is 1.76. The lowest BCUT2D eigenvalue weighted by atomic mass is 9.62. The molecule has 21 heavy (non-hydrogen) atoms. The topological polar surface area (TPSA) is 24.1 Å². The summed E-state index contributed by atoms with van der Waals surface area (Å²) in [4.78, 5) is 0. The maximum Gasteiger partial charge on any atom is 0.0658 e. The highest BCUT2D eigenvalue weighted by Gasteiger charge is 2.37. The van der Waals surface area contributed by atoms with Gasteiger partial charge in [0.1, 0.15) is 0 Å². The lowest BCUT2D eigenvalue weighted by molar-refractivity contribution is 0.0640. The molecule has 1 aliphatic carbocycles. The van der Waals surface area contributed by atoms with Gasteiger partial charge in [0.25, 0.3) is 0 Å². The van der Waals surface area contributed by atoms with Crippen LogP contribution >= 0.6 is 0 Å². The molecule has 0 aromatic rings. The van der Waals surface area contributed by atoms with Crippen molar-refractivity contribution >= 4 is 0 Å². The summed E-state index contributed by atoms with van der Waals surface area (Å²) in [7, 11) is 0. The second-order valence-corrected chi connectivity index (χ2v) is 8.19. The van der Waals surface area contributed by atoms with Gasteiger partial charge in [0.2, 0.25) is 0 Å². The molecule has 0 aromatic carbocycles. The van der Waals surface area contributed by atoms with Gasteiger partial charge in [-0.1, -0.05) is 47.5 Å². The highest BCUT2D eigenvalue weighted by atomic mass is 15.2. The minimum Gasteiger partial charge on any atom is -0.300 e. The summed E-state index contributed by atoms with van der Waals surface area (Å²) in [6, 6.07) is 0. The number of hydrogen-bond donors (Lipinski definition) is 2. The van der Waals surface area contributed by atoms with Crippen LogP contribution in [0.1, 0.15) is 86.5 Å². The van der Waals surface area contributed by atoms with E-state index in [1.165, 1.54) is 44.9 Å². The van der Waals surface area contributed by atoms with E-state index in [1.54, 1.807) is 0 Å². The molecule has 2 nitrogen and oxygen atoms in total. The molecule has 0 saturated heterocycles. The second kappa shape index (κ2) is 8.53. The van der Waals surface area contributed by atoms with Gasteiger partial charge in [0.05, 0.1) is 5.66 Å². The van der Waals surface area contributed by atoms with Gasteiger partial charge in [-0.15, -0.1) is 0 Å². The standard InChI is InChI=1S/C19H40N2/c1-7-14-20-19(6,21-15-8-2)13-11-17-16(3)10-9-12-18(17,4)5/h16-17,20-21H,7-15H2,1-6H3. The molecule has 1 fully saturated rings. The van der Waals surface area contributed by atoms with Crippen molar-refractivity contribution in [2.75, 3.05) is 13.1 Å². The first-order valence-corrected chi connectivity index (χ1v) is 9.34. The van der Waals surface area contributed by atoms with Crippen LogP contribution in [0.5, 0.6) is 0 Å². The average molecular weight is 297 g/mol. The van der Waals surface area contributed by atoms with Crippen LogP contribution in [0.25, 0.3) is 0 Å². The first-order chi connectivity index (χ1) is 9.84. The van der Waals surface area contributed by atoms with Crippen LogP contribution in [-0.4, -0.2) is 18.8 Å². The molecule has 1 aliphatic rings. The first kappa shape index (κ1) is 19.0. The van der Waals surface area contributed by atoms with Crippen LogP contribution in [0.3, 0.4) is 0 Å². The van der Waals surface area contributed by atoms with Crippen molar-refractivity contribution in [2.24, 2.45) is 17.3 Å². The predicted molar refractivity (Wildman–Crippen MR) is 94.5 cm³/mol. The Labute approximate surface area is 133 Å². The fourth-order valence-electron chi connectivity index (χ4n) is 4.20. The summed E-state index contributed by atoms with van der Waals surface area (Å²) >= 11 is 0. The van der Waals surface area contributed by atoms with Gasteiger partial charge in [-0.25, -0.2) is 0 Å². The Morgan fingerprint density at radius 2 is 1.67 bits per heavy atom. The number of hydrogen-bond acceptors (Lipinski definition) is 2. The first-order valence-electron chi connectivity index (χ1n) is 9.34. The van der Waals surface area contributed by atoms with Gasteiger partial charge >= 0.3 is 0 Å². The third-order valence-electron chi connectivity index (χ3n) is 5.66. The maximum absolute atomic E-state index is 3.75. The fourth-order valence-corrected chi connectivity index (χ4v) is 4.20. The molecule has 0 spiro atoms. The van der Waals surface area contributed by atoms with Crippen LogP contribution in [0, 0.1) is 17.3 Å². The lowest BCUT2D eigenvalue weighted by Gasteiger charge is -2.45.